The average Bonchev–Trinajstić information content (AvgIpc) is 2.78. The van der Waals surface area contributed by atoms with Gasteiger partial charge in [-0.1, -0.05) is 23.4 Å². The van der Waals surface area contributed by atoms with E-state index in [2.05, 4.69) is 44.6 Å². The van der Waals surface area contributed by atoms with E-state index in [9.17, 15) is 0 Å². The van der Waals surface area contributed by atoms with E-state index in [1.165, 1.54) is 17.6 Å². The molecule has 5 nitrogen and oxygen atoms in total. The van der Waals surface area contributed by atoms with Gasteiger partial charge >= 0.3 is 0 Å². The van der Waals surface area contributed by atoms with E-state index in [-0.39, 0.29) is 0 Å². The van der Waals surface area contributed by atoms with Gasteiger partial charge in [0.15, 0.2) is 5.82 Å². The molecule has 2 aromatic rings. The fraction of sp³-hybridized carbons (Fsp3) is 0.333. The minimum Gasteiger partial charge on any atom is -0.362 e. The Bertz CT molecular complexity index is 483. The average molecular weight is 230 g/mol. The fourth-order valence-electron chi connectivity index (χ4n) is 2.12. The van der Waals surface area contributed by atoms with Gasteiger partial charge in [-0.05, 0) is 11.6 Å². The molecule has 0 fully saturated rings. The van der Waals surface area contributed by atoms with Gasteiger partial charge in [-0.2, -0.15) is 4.98 Å². The van der Waals surface area contributed by atoms with Crippen molar-refractivity contribution in [3.8, 4) is 0 Å². The van der Waals surface area contributed by atoms with Crippen molar-refractivity contribution in [3.05, 3.63) is 42.0 Å². The van der Waals surface area contributed by atoms with Gasteiger partial charge in [0.05, 0.1) is 6.54 Å². The van der Waals surface area contributed by atoms with E-state index < -0.39 is 0 Å². The molecule has 0 radical (unpaired) electrons. The maximum Gasteiger partial charge on any atom is 0.213 e. The molecular formula is C12H14N4O. The van der Waals surface area contributed by atoms with Crippen molar-refractivity contribution in [2.45, 2.75) is 13.1 Å². The molecule has 1 aliphatic rings. The highest BCUT2D eigenvalue weighted by atomic mass is 16.5. The summed E-state index contributed by atoms with van der Waals surface area (Å²) in [6, 6.07) is 8.42. The minimum atomic E-state index is 0.690. The molecule has 1 N–H and O–H groups in total. The molecule has 17 heavy (non-hydrogen) atoms. The van der Waals surface area contributed by atoms with E-state index in [1.807, 2.05) is 0 Å². The first-order valence-corrected chi connectivity index (χ1v) is 5.72. The van der Waals surface area contributed by atoms with Crippen LogP contribution in [0.25, 0.3) is 0 Å². The second-order valence-corrected chi connectivity index (χ2v) is 4.07. The maximum absolute atomic E-state index is 4.77. The third kappa shape index (κ3) is 2.14. The highest BCUT2D eigenvalue weighted by Gasteiger charge is 2.15. The Morgan fingerprint density at radius 3 is 3.18 bits per heavy atom. The molecule has 0 unspecified atom stereocenters. The largest absolute Gasteiger partial charge is 0.362 e. The monoisotopic (exact) mass is 230 g/mol. The highest BCUT2D eigenvalue weighted by Crippen LogP contribution is 2.22. The second-order valence-electron chi connectivity index (χ2n) is 4.07. The Morgan fingerprint density at radius 1 is 1.35 bits per heavy atom. The lowest BCUT2D eigenvalue weighted by molar-refractivity contribution is 0.409. The maximum atomic E-state index is 4.77. The normalized spacial score (nSPS) is 15.4. The number of para-hydroxylation sites is 1. The number of nitrogens with zero attached hydrogens (tertiary/aromatic N) is 3. The van der Waals surface area contributed by atoms with E-state index in [4.69, 9.17) is 4.52 Å². The van der Waals surface area contributed by atoms with Crippen LogP contribution in [0.2, 0.25) is 0 Å². The Hall–Kier alpha value is -1.88. The number of benzene rings is 1. The second kappa shape index (κ2) is 4.55. The highest BCUT2D eigenvalue weighted by molar-refractivity contribution is 5.54. The van der Waals surface area contributed by atoms with Crippen molar-refractivity contribution in [3.63, 3.8) is 0 Å². The Kier molecular flexibility index (Phi) is 2.75. The van der Waals surface area contributed by atoms with Crippen LogP contribution in [0.4, 0.5) is 5.69 Å². The number of anilines is 1. The Morgan fingerprint density at radius 2 is 2.29 bits per heavy atom. The number of nitrogens with one attached hydrogen (secondary N) is 1. The van der Waals surface area contributed by atoms with Crippen molar-refractivity contribution in [1.29, 1.82) is 0 Å². The summed E-state index contributed by atoms with van der Waals surface area (Å²) in [6.45, 7) is 3.52. The molecule has 5 heteroatoms. The van der Waals surface area contributed by atoms with Crippen LogP contribution >= 0.6 is 0 Å². The molecule has 0 spiro atoms. The van der Waals surface area contributed by atoms with E-state index in [0.29, 0.717) is 6.54 Å². The molecular weight excluding hydrogens is 216 g/mol. The molecule has 3 rings (SSSR count). The first-order chi connectivity index (χ1) is 8.43. The van der Waals surface area contributed by atoms with Gasteiger partial charge in [-0.15, -0.1) is 0 Å². The van der Waals surface area contributed by atoms with Crippen LogP contribution in [0, 0.1) is 0 Å². The molecule has 1 aromatic carbocycles. The molecule has 0 saturated carbocycles. The lowest BCUT2D eigenvalue weighted by Gasteiger charge is -2.22. The summed E-state index contributed by atoms with van der Waals surface area (Å²) in [5.41, 5.74) is 2.57. The number of aromatic nitrogens is 2. The van der Waals surface area contributed by atoms with E-state index >= 15 is 0 Å². The third-order valence-corrected chi connectivity index (χ3v) is 2.95. The van der Waals surface area contributed by atoms with Crippen LogP contribution in [0.5, 0.6) is 0 Å². The first kappa shape index (κ1) is 10.3. The Balaban J connectivity index is 1.89. The molecule has 2 heterocycles. The Labute approximate surface area is 99.4 Å². The third-order valence-electron chi connectivity index (χ3n) is 2.95. The smallest absolute Gasteiger partial charge is 0.213 e. The standard InChI is InChI=1S/C12H14N4O/c1-2-4-11-10(3-1)7-13-5-6-16(11)8-12-14-9-17-15-12/h1-4,9,13H,5-8H2. The zero-order chi connectivity index (χ0) is 11.5. The van der Waals surface area contributed by atoms with Crippen molar-refractivity contribution < 1.29 is 4.52 Å². The molecule has 0 atom stereocenters. The summed E-state index contributed by atoms with van der Waals surface area (Å²) in [7, 11) is 0. The number of hydrogen-bond acceptors (Lipinski definition) is 5. The first-order valence-electron chi connectivity index (χ1n) is 5.72. The van der Waals surface area contributed by atoms with Crippen LogP contribution in [0.3, 0.4) is 0 Å². The molecule has 0 aliphatic carbocycles. The van der Waals surface area contributed by atoms with Crippen LogP contribution < -0.4 is 10.2 Å². The van der Waals surface area contributed by atoms with Crippen molar-refractivity contribution in [1.82, 2.24) is 15.5 Å². The summed E-state index contributed by atoms with van der Waals surface area (Å²) in [5.74, 6) is 0.724. The summed E-state index contributed by atoms with van der Waals surface area (Å²) in [4.78, 5) is 6.35. The topological polar surface area (TPSA) is 54.2 Å². The summed E-state index contributed by atoms with van der Waals surface area (Å²) in [6.07, 6.45) is 1.37. The molecule has 1 aliphatic heterocycles. The van der Waals surface area contributed by atoms with Crippen LogP contribution in [0.15, 0.2) is 35.2 Å². The van der Waals surface area contributed by atoms with E-state index in [1.54, 1.807) is 0 Å². The van der Waals surface area contributed by atoms with Gasteiger partial charge in [-0.25, -0.2) is 0 Å². The number of hydrogen-bond donors (Lipinski definition) is 1. The van der Waals surface area contributed by atoms with Gasteiger partial charge in [0.1, 0.15) is 0 Å². The van der Waals surface area contributed by atoms with Crippen molar-refractivity contribution >= 4 is 5.69 Å². The van der Waals surface area contributed by atoms with Gasteiger partial charge in [0, 0.05) is 25.3 Å². The molecule has 88 valence electrons. The predicted octanol–water partition coefficient (Wildman–Crippen LogP) is 1.18. The lowest BCUT2D eigenvalue weighted by atomic mass is 10.1. The molecule has 0 bridgehead atoms. The molecule has 0 amide bonds. The number of rotatable bonds is 2. The number of fused-ring (bicyclic) bond motifs is 1. The van der Waals surface area contributed by atoms with Crippen molar-refractivity contribution in [2.24, 2.45) is 0 Å². The quantitative estimate of drug-likeness (QED) is 0.839. The van der Waals surface area contributed by atoms with Gasteiger partial charge < -0.3 is 14.7 Å². The molecule has 1 aromatic heterocycles. The summed E-state index contributed by atoms with van der Waals surface area (Å²) < 4.78 is 4.77. The van der Waals surface area contributed by atoms with Crippen LogP contribution in [0.1, 0.15) is 11.4 Å². The molecule has 0 saturated heterocycles. The van der Waals surface area contributed by atoms with Gasteiger partial charge in [0.2, 0.25) is 6.39 Å². The zero-order valence-corrected chi connectivity index (χ0v) is 9.47. The zero-order valence-electron chi connectivity index (χ0n) is 9.47. The minimum absolute atomic E-state index is 0.690. The van der Waals surface area contributed by atoms with Crippen LogP contribution in [-0.2, 0) is 13.1 Å². The van der Waals surface area contributed by atoms with Gasteiger partial charge in [0.25, 0.3) is 0 Å². The fourth-order valence-corrected chi connectivity index (χ4v) is 2.12. The van der Waals surface area contributed by atoms with Crippen LogP contribution in [-0.4, -0.2) is 23.2 Å². The summed E-state index contributed by atoms with van der Waals surface area (Å²) >= 11 is 0. The SMILES string of the molecule is c1ccc2c(c1)CNCCN2Cc1ncon1. The summed E-state index contributed by atoms with van der Waals surface area (Å²) in [5, 5.41) is 7.27. The lowest BCUT2D eigenvalue weighted by Crippen LogP contribution is -2.28. The van der Waals surface area contributed by atoms with E-state index in [0.717, 1.165) is 25.5 Å². The predicted molar refractivity (Wildman–Crippen MR) is 63.5 cm³/mol. The van der Waals surface area contributed by atoms with Gasteiger partial charge in [-0.3, -0.25) is 0 Å². The van der Waals surface area contributed by atoms with Crippen molar-refractivity contribution in [2.75, 3.05) is 18.0 Å².